The van der Waals surface area contributed by atoms with Crippen LogP contribution in [0.4, 0.5) is 4.39 Å². The van der Waals surface area contributed by atoms with Crippen molar-refractivity contribution in [2.24, 2.45) is 0 Å². The van der Waals surface area contributed by atoms with Crippen LogP contribution in [0.2, 0.25) is 0 Å². The van der Waals surface area contributed by atoms with Crippen LogP contribution in [0.5, 0.6) is 0 Å². The minimum atomic E-state index is -0.250. The maximum atomic E-state index is 10.3. The first-order valence-electron chi connectivity index (χ1n) is 5.17. The molecule has 82 valence electrons. The van der Waals surface area contributed by atoms with Gasteiger partial charge in [-0.1, -0.05) is 48.6 Å². The van der Waals surface area contributed by atoms with Crippen LogP contribution in [0.25, 0.3) is 5.57 Å². The van der Waals surface area contributed by atoms with Crippen LogP contribution in [0.3, 0.4) is 0 Å². The van der Waals surface area contributed by atoms with E-state index >= 15 is 0 Å². The number of halogens is 1. The lowest BCUT2D eigenvalue weighted by molar-refractivity contribution is 0.527. The summed E-state index contributed by atoms with van der Waals surface area (Å²) < 4.78 is 10.3. The van der Waals surface area contributed by atoms with Crippen molar-refractivity contribution in [1.82, 2.24) is 0 Å². The van der Waals surface area contributed by atoms with Crippen molar-refractivity contribution in [3.8, 4) is 0 Å². The highest BCUT2D eigenvalue weighted by Crippen LogP contribution is 2.12. The van der Waals surface area contributed by atoms with E-state index in [0.29, 0.717) is 0 Å². The fourth-order valence-corrected chi connectivity index (χ4v) is 1.04. The maximum absolute atomic E-state index is 10.3. The molecule has 1 heteroatoms. The molecule has 0 N–H and O–H groups in total. The molecule has 0 aromatic heterocycles. The summed E-state index contributed by atoms with van der Waals surface area (Å²) in [5.41, 5.74) is 2.59. The molecule has 0 unspecified atom stereocenters. The molecule has 1 rings (SSSR count). The molecule has 0 saturated carbocycles. The van der Waals surface area contributed by atoms with E-state index in [1.807, 2.05) is 19.1 Å². The van der Waals surface area contributed by atoms with Gasteiger partial charge in [0.25, 0.3) is 0 Å². The SMILES string of the molecule is C/C=C\C=C(/C)c1ccccc1.CCF. The molecular weight excluding hydrogens is 187 g/mol. The van der Waals surface area contributed by atoms with Crippen molar-refractivity contribution in [3.63, 3.8) is 0 Å². The second kappa shape index (κ2) is 9.20. The van der Waals surface area contributed by atoms with E-state index in [2.05, 4.69) is 43.3 Å². The van der Waals surface area contributed by atoms with Crippen molar-refractivity contribution < 1.29 is 4.39 Å². The Kier molecular flexibility index (Phi) is 8.36. The standard InChI is InChI=1S/C12H14.C2H5F/c1-3-4-8-11(2)12-9-6-5-7-10-12;1-2-3/h3-10H,1-2H3;2H2,1H3/b4-3-,11-8+;. The molecule has 15 heavy (non-hydrogen) atoms. The van der Waals surface area contributed by atoms with Gasteiger partial charge in [0.05, 0.1) is 6.67 Å². The largest absolute Gasteiger partial charge is 0.251 e. The van der Waals surface area contributed by atoms with Gasteiger partial charge in [0.15, 0.2) is 0 Å². The van der Waals surface area contributed by atoms with Gasteiger partial charge in [-0.2, -0.15) is 0 Å². The molecule has 0 nitrogen and oxygen atoms in total. The third kappa shape index (κ3) is 6.67. The Hall–Kier alpha value is -1.37. The minimum absolute atomic E-state index is 0.250. The van der Waals surface area contributed by atoms with Gasteiger partial charge in [-0.3, -0.25) is 4.39 Å². The molecular formula is C14H19F. The van der Waals surface area contributed by atoms with Crippen molar-refractivity contribution >= 4 is 5.57 Å². The van der Waals surface area contributed by atoms with Crippen LogP contribution in [-0.2, 0) is 0 Å². The lowest BCUT2D eigenvalue weighted by Gasteiger charge is -1.97. The van der Waals surface area contributed by atoms with Crippen molar-refractivity contribution in [2.45, 2.75) is 20.8 Å². The highest BCUT2D eigenvalue weighted by atomic mass is 19.1. The van der Waals surface area contributed by atoms with Crippen LogP contribution in [0, 0.1) is 0 Å². The van der Waals surface area contributed by atoms with Gasteiger partial charge in [0.1, 0.15) is 0 Å². The second-order valence-corrected chi connectivity index (χ2v) is 3.01. The van der Waals surface area contributed by atoms with Gasteiger partial charge in [-0.25, -0.2) is 0 Å². The molecule has 0 saturated heterocycles. The van der Waals surface area contributed by atoms with Gasteiger partial charge in [0, 0.05) is 0 Å². The molecule has 1 aromatic carbocycles. The third-order valence-corrected chi connectivity index (χ3v) is 1.77. The van der Waals surface area contributed by atoms with Gasteiger partial charge >= 0.3 is 0 Å². The van der Waals surface area contributed by atoms with E-state index in [-0.39, 0.29) is 6.67 Å². The molecule has 0 atom stereocenters. The smallest absolute Gasteiger partial charge is 0.0866 e. The molecule has 0 aliphatic heterocycles. The quantitative estimate of drug-likeness (QED) is 0.618. The topological polar surface area (TPSA) is 0 Å². The van der Waals surface area contributed by atoms with Crippen LogP contribution in [0.1, 0.15) is 26.3 Å². The summed E-state index contributed by atoms with van der Waals surface area (Å²) in [5, 5.41) is 0. The normalized spacial score (nSPS) is 11.1. The van der Waals surface area contributed by atoms with Crippen molar-refractivity contribution in [3.05, 3.63) is 54.1 Å². The summed E-state index contributed by atoms with van der Waals surface area (Å²) in [6.45, 7) is 5.35. The highest BCUT2D eigenvalue weighted by molar-refractivity contribution is 5.64. The number of benzene rings is 1. The summed E-state index contributed by atoms with van der Waals surface area (Å²) in [7, 11) is 0. The number of allylic oxidation sites excluding steroid dienone is 4. The monoisotopic (exact) mass is 206 g/mol. The zero-order valence-corrected chi connectivity index (χ0v) is 9.70. The first-order chi connectivity index (χ1) is 7.26. The van der Waals surface area contributed by atoms with E-state index in [0.717, 1.165) is 0 Å². The third-order valence-electron chi connectivity index (χ3n) is 1.77. The van der Waals surface area contributed by atoms with Crippen molar-refractivity contribution in [1.29, 1.82) is 0 Å². The Morgan fingerprint density at radius 3 is 2.27 bits per heavy atom. The number of hydrogen-bond acceptors (Lipinski definition) is 0. The first kappa shape index (κ1) is 13.6. The zero-order valence-electron chi connectivity index (χ0n) is 9.70. The Labute approximate surface area is 92.1 Å². The number of alkyl halides is 1. The Balaban J connectivity index is 0.000000583. The van der Waals surface area contributed by atoms with Crippen LogP contribution in [0.15, 0.2) is 48.6 Å². The molecule has 0 radical (unpaired) electrons. The van der Waals surface area contributed by atoms with Gasteiger partial charge < -0.3 is 0 Å². The summed E-state index contributed by atoms with van der Waals surface area (Å²) in [4.78, 5) is 0. The van der Waals surface area contributed by atoms with E-state index in [4.69, 9.17) is 0 Å². The maximum Gasteiger partial charge on any atom is 0.0866 e. The van der Waals surface area contributed by atoms with Crippen LogP contribution >= 0.6 is 0 Å². The molecule has 0 fully saturated rings. The van der Waals surface area contributed by atoms with Gasteiger partial charge in [-0.15, -0.1) is 0 Å². The van der Waals surface area contributed by atoms with E-state index in [1.165, 1.54) is 18.1 Å². The van der Waals surface area contributed by atoms with Gasteiger partial charge in [0.2, 0.25) is 0 Å². The molecule has 0 bridgehead atoms. The molecule has 0 aliphatic rings. The Morgan fingerprint density at radius 2 is 1.80 bits per heavy atom. The predicted octanol–water partition coefficient (Wildman–Crippen LogP) is 4.64. The molecule has 0 heterocycles. The van der Waals surface area contributed by atoms with E-state index < -0.39 is 0 Å². The molecule has 0 amide bonds. The Morgan fingerprint density at radius 1 is 1.27 bits per heavy atom. The van der Waals surface area contributed by atoms with E-state index in [1.54, 1.807) is 0 Å². The average molecular weight is 206 g/mol. The van der Waals surface area contributed by atoms with E-state index in [9.17, 15) is 4.39 Å². The highest BCUT2D eigenvalue weighted by Gasteiger charge is 1.89. The lowest BCUT2D eigenvalue weighted by atomic mass is 10.1. The summed E-state index contributed by atoms with van der Waals surface area (Å²) in [5.74, 6) is 0. The van der Waals surface area contributed by atoms with Gasteiger partial charge in [-0.05, 0) is 31.9 Å². The Bertz CT molecular complexity index is 296. The lowest BCUT2D eigenvalue weighted by Crippen LogP contribution is -1.75. The van der Waals surface area contributed by atoms with Crippen LogP contribution in [-0.4, -0.2) is 6.67 Å². The first-order valence-corrected chi connectivity index (χ1v) is 5.17. The summed E-state index contributed by atoms with van der Waals surface area (Å²) in [6.07, 6.45) is 6.21. The van der Waals surface area contributed by atoms with Crippen molar-refractivity contribution in [2.75, 3.05) is 6.67 Å². The summed E-state index contributed by atoms with van der Waals surface area (Å²) >= 11 is 0. The second-order valence-electron chi connectivity index (χ2n) is 3.01. The molecule has 0 aliphatic carbocycles. The zero-order chi connectivity index (χ0) is 11.5. The summed E-state index contributed by atoms with van der Waals surface area (Å²) in [6, 6.07) is 10.4. The molecule has 0 spiro atoms. The fourth-order valence-electron chi connectivity index (χ4n) is 1.04. The predicted molar refractivity (Wildman–Crippen MR) is 66.6 cm³/mol. The number of rotatable bonds is 2. The van der Waals surface area contributed by atoms with Crippen LogP contribution < -0.4 is 0 Å². The molecule has 1 aromatic rings. The minimum Gasteiger partial charge on any atom is -0.251 e. The fraction of sp³-hybridized carbons (Fsp3) is 0.286. The number of hydrogen-bond donors (Lipinski definition) is 0. The average Bonchev–Trinajstić information content (AvgIpc) is 2.28.